The number of carbonyl (C=O) groups is 1. The van der Waals surface area contributed by atoms with Gasteiger partial charge in [-0.1, -0.05) is 11.3 Å². The van der Waals surface area contributed by atoms with Crippen molar-refractivity contribution in [2.75, 3.05) is 11.1 Å². The highest BCUT2D eigenvalue weighted by Gasteiger charge is 2.21. The summed E-state index contributed by atoms with van der Waals surface area (Å²) in [6.07, 6.45) is 5.12. The predicted molar refractivity (Wildman–Crippen MR) is 77.7 cm³/mol. The lowest BCUT2D eigenvalue weighted by molar-refractivity contribution is 0.0953. The summed E-state index contributed by atoms with van der Waals surface area (Å²) in [7, 11) is 0. The maximum atomic E-state index is 12.1. The van der Waals surface area contributed by atoms with Crippen molar-refractivity contribution in [1.29, 1.82) is 0 Å². The van der Waals surface area contributed by atoms with Gasteiger partial charge < -0.3 is 20.8 Å². The lowest BCUT2D eigenvalue weighted by Crippen LogP contribution is -2.26. The van der Waals surface area contributed by atoms with Gasteiger partial charge in [0.1, 0.15) is 16.5 Å². The summed E-state index contributed by atoms with van der Waals surface area (Å²) in [5.74, 6) is 0.751. The van der Waals surface area contributed by atoms with E-state index in [2.05, 4.69) is 15.6 Å². The molecule has 7 heteroatoms. The molecule has 20 heavy (non-hydrogen) atoms. The normalized spacial score (nSPS) is 14.8. The first-order valence-electron chi connectivity index (χ1n) is 6.56. The molecule has 3 rings (SSSR count). The van der Waals surface area contributed by atoms with Gasteiger partial charge in [-0.05, 0) is 31.4 Å². The topological polar surface area (TPSA) is 93.2 Å². The van der Waals surface area contributed by atoms with Gasteiger partial charge in [0.15, 0.2) is 5.13 Å². The van der Waals surface area contributed by atoms with Gasteiger partial charge in [-0.15, -0.1) is 0 Å². The van der Waals surface area contributed by atoms with Crippen LogP contribution in [-0.2, 0) is 6.54 Å². The number of nitrogens with zero attached hydrogens (tertiary/aromatic N) is 1. The molecule has 2 heterocycles. The predicted octanol–water partition coefficient (Wildman–Crippen LogP) is 2.21. The van der Waals surface area contributed by atoms with E-state index in [1.807, 2.05) is 0 Å². The van der Waals surface area contributed by atoms with Gasteiger partial charge in [0.05, 0.1) is 12.8 Å². The Kier molecular flexibility index (Phi) is 3.60. The molecule has 0 spiro atoms. The number of carbonyl (C=O) groups excluding carboxylic acids is 1. The quantitative estimate of drug-likeness (QED) is 0.785. The zero-order chi connectivity index (χ0) is 13.9. The molecule has 0 saturated heterocycles. The summed E-state index contributed by atoms with van der Waals surface area (Å²) in [6, 6.07) is 4.06. The van der Waals surface area contributed by atoms with Gasteiger partial charge in [-0.3, -0.25) is 4.79 Å². The van der Waals surface area contributed by atoms with Crippen LogP contribution in [0.3, 0.4) is 0 Å². The van der Waals surface area contributed by atoms with Crippen LogP contribution >= 0.6 is 11.3 Å². The maximum Gasteiger partial charge on any atom is 0.265 e. The van der Waals surface area contributed by atoms with E-state index in [1.54, 1.807) is 18.4 Å². The average molecular weight is 292 g/mol. The molecular formula is C13H16N4O2S. The maximum absolute atomic E-state index is 12.1. The molecule has 106 valence electrons. The van der Waals surface area contributed by atoms with Gasteiger partial charge in [-0.2, -0.15) is 0 Å². The summed E-state index contributed by atoms with van der Waals surface area (Å²) in [5.41, 5.74) is 5.80. The summed E-state index contributed by atoms with van der Waals surface area (Å²) in [6.45, 7) is 0.342. The number of nitrogens with one attached hydrogen (secondary N) is 2. The second kappa shape index (κ2) is 5.54. The molecule has 1 fully saturated rings. The molecule has 0 radical (unpaired) electrons. The molecular weight excluding hydrogens is 276 g/mol. The number of hydrogen-bond donors (Lipinski definition) is 3. The van der Waals surface area contributed by atoms with Crippen molar-refractivity contribution in [3.05, 3.63) is 29.0 Å². The van der Waals surface area contributed by atoms with Crippen molar-refractivity contribution in [3.63, 3.8) is 0 Å². The Hall–Kier alpha value is -2.02. The van der Waals surface area contributed by atoms with E-state index < -0.39 is 0 Å². The third-order valence-corrected chi connectivity index (χ3v) is 4.30. The van der Waals surface area contributed by atoms with Crippen molar-refractivity contribution in [2.24, 2.45) is 0 Å². The third kappa shape index (κ3) is 2.77. The van der Waals surface area contributed by atoms with Crippen molar-refractivity contribution >= 4 is 28.2 Å². The first-order chi connectivity index (χ1) is 9.72. The van der Waals surface area contributed by atoms with E-state index in [0.717, 1.165) is 18.0 Å². The van der Waals surface area contributed by atoms with Gasteiger partial charge in [0.2, 0.25) is 0 Å². The highest BCUT2D eigenvalue weighted by molar-refractivity contribution is 7.18. The van der Waals surface area contributed by atoms with Gasteiger partial charge in [0, 0.05) is 6.04 Å². The molecule has 0 atom stereocenters. The molecule has 2 aromatic rings. The van der Waals surface area contributed by atoms with E-state index in [1.165, 1.54) is 17.8 Å². The number of amides is 1. The van der Waals surface area contributed by atoms with E-state index in [-0.39, 0.29) is 11.7 Å². The van der Waals surface area contributed by atoms with E-state index in [4.69, 9.17) is 10.2 Å². The van der Waals surface area contributed by atoms with Gasteiger partial charge in [0.25, 0.3) is 5.91 Å². The fourth-order valence-corrected chi connectivity index (χ4v) is 2.82. The van der Waals surface area contributed by atoms with Crippen molar-refractivity contribution < 1.29 is 9.21 Å². The van der Waals surface area contributed by atoms with Gasteiger partial charge in [-0.25, -0.2) is 4.98 Å². The van der Waals surface area contributed by atoms with Crippen LogP contribution in [0.5, 0.6) is 0 Å². The number of nitrogen functional groups attached to an aromatic ring is 1. The molecule has 6 nitrogen and oxygen atoms in total. The molecule has 0 aliphatic heterocycles. The molecule has 1 saturated carbocycles. The molecule has 0 bridgehead atoms. The number of aromatic nitrogens is 1. The minimum atomic E-state index is -0.224. The molecule has 4 N–H and O–H groups in total. The minimum Gasteiger partial charge on any atom is -0.467 e. The number of rotatable bonds is 5. The molecule has 1 aliphatic carbocycles. The first kappa shape index (κ1) is 13.0. The largest absolute Gasteiger partial charge is 0.467 e. The van der Waals surface area contributed by atoms with Crippen LogP contribution in [0.4, 0.5) is 10.9 Å². The Morgan fingerprint density at radius 3 is 3.05 bits per heavy atom. The summed E-state index contributed by atoms with van der Waals surface area (Å²) < 4.78 is 5.16. The Morgan fingerprint density at radius 1 is 1.55 bits per heavy atom. The second-order valence-corrected chi connectivity index (χ2v) is 5.77. The van der Waals surface area contributed by atoms with Crippen molar-refractivity contribution in [2.45, 2.75) is 31.8 Å². The fourth-order valence-electron chi connectivity index (χ4n) is 1.94. The molecule has 0 unspecified atom stereocenters. The number of anilines is 2. The molecule has 1 amide bonds. The zero-order valence-corrected chi connectivity index (χ0v) is 11.7. The smallest absolute Gasteiger partial charge is 0.265 e. The van der Waals surface area contributed by atoms with Gasteiger partial charge >= 0.3 is 0 Å². The lowest BCUT2D eigenvalue weighted by atomic mass is 9.93. The van der Waals surface area contributed by atoms with Crippen LogP contribution in [0.1, 0.15) is 34.7 Å². The van der Waals surface area contributed by atoms with Crippen LogP contribution in [0.15, 0.2) is 22.8 Å². The summed E-state index contributed by atoms with van der Waals surface area (Å²) >= 11 is 1.29. The second-order valence-electron chi connectivity index (χ2n) is 4.77. The number of hydrogen-bond acceptors (Lipinski definition) is 6. The Balaban J connectivity index is 1.61. The van der Waals surface area contributed by atoms with Crippen molar-refractivity contribution in [1.82, 2.24) is 10.3 Å². The lowest BCUT2D eigenvalue weighted by Gasteiger charge is -2.25. The monoisotopic (exact) mass is 292 g/mol. The highest BCUT2D eigenvalue weighted by Crippen LogP contribution is 2.29. The first-order valence-corrected chi connectivity index (χ1v) is 7.37. The molecule has 1 aliphatic rings. The van der Waals surface area contributed by atoms with Crippen LogP contribution < -0.4 is 16.4 Å². The average Bonchev–Trinajstić information content (AvgIpc) is 3.00. The zero-order valence-electron chi connectivity index (χ0n) is 10.9. The fraction of sp³-hybridized carbons (Fsp3) is 0.385. The van der Waals surface area contributed by atoms with Crippen LogP contribution in [-0.4, -0.2) is 16.9 Å². The van der Waals surface area contributed by atoms with E-state index in [9.17, 15) is 4.79 Å². The van der Waals surface area contributed by atoms with E-state index >= 15 is 0 Å². The third-order valence-electron chi connectivity index (χ3n) is 3.30. The van der Waals surface area contributed by atoms with Crippen LogP contribution in [0.2, 0.25) is 0 Å². The Bertz CT molecular complexity index is 590. The highest BCUT2D eigenvalue weighted by atomic mass is 32.1. The Labute approximate surface area is 120 Å². The standard InChI is InChI=1S/C13H16N4O2S/c14-11-10(12(18)15-7-9-5-2-6-19-9)20-13(17-11)16-8-3-1-4-8/h2,5-6,8H,1,3-4,7,14H2,(H,15,18)(H,16,17). The summed E-state index contributed by atoms with van der Waals surface area (Å²) in [4.78, 5) is 16.7. The minimum absolute atomic E-state index is 0.224. The summed E-state index contributed by atoms with van der Waals surface area (Å²) in [5, 5.41) is 6.78. The SMILES string of the molecule is Nc1nc(NC2CCC2)sc1C(=O)NCc1ccco1. The molecule has 2 aromatic heterocycles. The van der Waals surface area contributed by atoms with Crippen molar-refractivity contribution in [3.8, 4) is 0 Å². The number of thiazole rings is 1. The number of furan rings is 1. The molecule has 0 aromatic carbocycles. The Morgan fingerprint density at radius 2 is 2.40 bits per heavy atom. The van der Waals surface area contributed by atoms with Crippen LogP contribution in [0, 0.1) is 0 Å². The van der Waals surface area contributed by atoms with Crippen LogP contribution in [0.25, 0.3) is 0 Å². The van der Waals surface area contributed by atoms with E-state index in [0.29, 0.717) is 23.2 Å². The number of nitrogens with two attached hydrogens (primary N) is 1.